The van der Waals surface area contributed by atoms with E-state index >= 15 is 0 Å². The van der Waals surface area contributed by atoms with E-state index in [0.29, 0.717) is 10.6 Å². The molecule has 1 aliphatic heterocycles. The van der Waals surface area contributed by atoms with Crippen LogP contribution in [0.2, 0.25) is 0 Å². The van der Waals surface area contributed by atoms with Crippen molar-refractivity contribution in [3.05, 3.63) is 17.0 Å². The lowest BCUT2D eigenvalue weighted by atomic mass is 10.3. The summed E-state index contributed by atoms with van der Waals surface area (Å²) in [5, 5.41) is 32.4. The number of aliphatic hydroxyl groups excluding tert-OH is 2. The van der Waals surface area contributed by atoms with Crippen LogP contribution < -0.4 is 5.32 Å². The van der Waals surface area contributed by atoms with Gasteiger partial charge in [-0.1, -0.05) is 0 Å². The Kier molecular flexibility index (Phi) is 3.93. The normalized spacial score (nSPS) is 23.8. The van der Waals surface area contributed by atoms with Crippen molar-refractivity contribution in [1.82, 2.24) is 4.90 Å². The van der Waals surface area contributed by atoms with E-state index in [1.165, 1.54) is 11.3 Å². The molecule has 96 valence electrons. The molecule has 18 heavy (non-hydrogen) atoms. The number of aliphatic hydroxyl groups is 2. The molecule has 0 unspecified atom stereocenters. The SMILES string of the molecule is N#Cc1ccsc1NC(=O)CN1C[C@@H](O)[C@@H](O)C1. The maximum Gasteiger partial charge on any atom is 0.239 e. The largest absolute Gasteiger partial charge is 0.389 e. The standard InChI is InChI=1S/C11H13N3O3S/c12-3-7-1-2-18-11(7)13-10(17)6-14-4-8(15)9(16)5-14/h1-2,8-9,15-16H,4-6H2,(H,13,17)/t8-,9+. The van der Waals surface area contributed by atoms with Gasteiger partial charge < -0.3 is 15.5 Å². The van der Waals surface area contributed by atoms with Crippen molar-refractivity contribution in [3.63, 3.8) is 0 Å². The lowest BCUT2D eigenvalue weighted by Crippen LogP contribution is -2.32. The molecule has 2 atom stereocenters. The summed E-state index contributed by atoms with van der Waals surface area (Å²) >= 11 is 1.29. The number of amides is 1. The van der Waals surface area contributed by atoms with Crippen LogP contribution in [0, 0.1) is 11.3 Å². The molecule has 1 aliphatic rings. The molecule has 0 aromatic carbocycles. The van der Waals surface area contributed by atoms with Gasteiger partial charge in [-0.05, 0) is 11.4 Å². The van der Waals surface area contributed by atoms with Gasteiger partial charge >= 0.3 is 0 Å². The van der Waals surface area contributed by atoms with Crippen molar-refractivity contribution in [2.45, 2.75) is 12.2 Å². The molecule has 0 aliphatic carbocycles. The molecular formula is C11H13N3O3S. The topological polar surface area (TPSA) is 96.6 Å². The van der Waals surface area contributed by atoms with Crippen LogP contribution in [0.5, 0.6) is 0 Å². The van der Waals surface area contributed by atoms with Crippen molar-refractivity contribution in [3.8, 4) is 6.07 Å². The molecule has 0 bridgehead atoms. The Labute approximate surface area is 108 Å². The molecule has 1 aromatic rings. The summed E-state index contributed by atoms with van der Waals surface area (Å²) < 4.78 is 0. The van der Waals surface area contributed by atoms with E-state index in [1.807, 2.05) is 6.07 Å². The second-order valence-electron chi connectivity index (χ2n) is 4.15. The average Bonchev–Trinajstić information content (AvgIpc) is 2.86. The Hall–Kier alpha value is -1.46. The molecule has 2 rings (SSSR count). The van der Waals surface area contributed by atoms with Crippen LogP contribution in [0.15, 0.2) is 11.4 Å². The summed E-state index contributed by atoms with van der Waals surface area (Å²) in [7, 11) is 0. The van der Waals surface area contributed by atoms with Crippen LogP contribution in [0.25, 0.3) is 0 Å². The van der Waals surface area contributed by atoms with Crippen molar-refractivity contribution in [2.75, 3.05) is 25.0 Å². The molecule has 0 spiro atoms. The van der Waals surface area contributed by atoms with Crippen LogP contribution in [-0.2, 0) is 4.79 Å². The zero-order valence-electron chi connectivity index (χ0n) is 9.54. The summed E-state index contributed by atoms with van der Waals surface area (Å²) in [6, 6.07) is 3.63. The first-order valence-electron chi connectivity index (χ1n) is 5.46. The average molecular weight is 267 g/mol. The van der Waals surface area contributed by atoms with E-state index in [1.54, 1.807) is 16.3 Å². The Bertz CT molecular complexity index is 472. The van der Waals surface area contributed by atoms with E-state index in [0.717, 1.165) is 0 Å². The van der Waals surface area contributed by atoms with E-state index < -0.39 is 12.2 Å². The number of β-amino-alcohol motifs (C(OH)–C–C–N with tert-alkyl or cyclic N) is 2. The highest BCUT2D eigenvalue weighted by molar-refractivity contribution is 7.14. The Morgan fingerprint density at radius 1 is 1.56 bits per heavy atom. The number of nitrogens with zero attached hydrogens (tertiary/aromatic N) is 2. The van der Waals surface area contributed by atoms with Gasteiger partial charge in [0.25, 0.3) is 0 Å². The van der Waals surface area contributed by atoms with Crippen LogP contribution in [0.3, 0.4) is 0 Å². The number of carbonyl (C=O) groups is 1. The highest BCUT2D eigenvalue weighted by Crippen LogP contribution is 2.22. The number of hydrogen-bond acceptors (Lipinski definition) is 6. The molecule has 1 fully saturated rings. The molecule has 3 N–H and O–H groups in total. The monoisotopic (exact) mass is 267 g/mol. The minimum Gasteiger partial charge on any atom is -0.389 e. The fraction of sp³-hybridized carbons (Fsp3) is 0.455. The predicted molar refractivity (Wildman–Crippen MR) is 66.1 cm³/mol. The number of hydrogen-bond donors (Lipinski definition) is 3. The summed E-state index contributed by atoms with van der Waals surface area (Å²) in [6.07, 6.45) is -1.59. The summed E-state index contributed by atoms with van der Waals surface area (Å²) in [4.78, 5) is 13.4. The minimum absolute atomic E-state index is 0.0941. The maximum atomic E-state index is 11.7. The third-order valence-electron chi connectivity index (χ3n) is 2.74. The number of nitrogens with one attached hydrogen (secondary N) is 1. The van der Waals surface area contributed by atoms with Crippen molar-refractivity contribution in [2.24, 2.45) is 0 Å². The van der Waals surface area contributed by atoms with Crippen LogP contribution in [-0.4, -0.2) is 52.9 Å². The second-order valence-corrected chi connectivity index (χ2v) is 5.07. The minimum atomic E-state index is -0.797. The van der Waals surface area contributed by atoms with Gasteiger partial charge in [0.15, 0.2) is 0 Å². The summed E-state index contributed by atoms with van der Waals surface area (Å²) in [5.74, 6) is -0.254. The zero-order chi connectivity index (χ0) is 13.1. The number of carbonyl (C=O) groups excluding carboxylic acids is 1. The molecule has 2 heterocycles. The van der Waals surface area contributed by atoms with Crippen molar-refractivity contribution in [1.29, 1.82) is 5.26 Å². The van der Waals surface area contributed by atoms with Crippen molar-refractivity contribution >= 4 is 22.2 Å². The fourth-order valence-electron chi connectivity index (χ4n) is 1.84. The molecule has 6 nitrogen and oxygen atoms in total. The molecule has 7 heteroatoms. The lowest BCUT2D eigenvalue weighted by molar-refractivity contribution is -0.117. The van der Waals surface area contributed by atoms with Crippen LogP contribution >= 0.6 is 11.3 Å². The first-order valence-corrected chi connectivity index (χ1v) is 6.34. The fourth-order valence-corrected chi connectivity index (χ4v) is 2.59. The molecule has 1 amide bonds. The van der Waals surface area contributed by atoms with E-state index in [2.05, 4.69) is 5.32 Å². The van der Waals surface area contributed by atoms with Gasteiger partial charge in [0, 0.05) is 13.1 Å². The first kappa shape index (κ1) is 13.0. The second kappa shape index (κ2) is 5.46. The Balaban J connectivity index is 1.88. The smallest absolute Gasteiger partial charge is 0.239 e. The number of anilines is 1. The Morgan fingerprint density at radius 2 is 2.22 bits per heavy atom. The third kappa shape index (κ3) is 2.86. The summed E-state index contributed by atoms with van der Waals surface area (Å²) in [6.45, 7) is 0.658. The third-order valence-corrected chi connectivity index (χ3v) is 3.57. The van der Waals surface area contributed by atoms with Gasteiger partial charge in [0.2, 0.25) is 5.91 Å². The van der Waals surface area contributed by atoms with E-state index in [4.69, 9.17) is 5.26 Å². The molecule has 0 radical (unpaired) electrons. The van der Waals surface area contributed by atoms with Gasteiger partial charge in [-0.3, -0.25) is 9.69 Å². The summed E-state index contributed by atoms with van der Waals surface area (Å²) in [5.41, 5.74) is 0.440. The van der Waals surface area contributed by atoms with Crippen molar-refractivity contribution < 1.29 is 15.0 Å². The number of rotatable bonds is 3. The molecule has 1 saturated heterocycles. The molecule has 1 aromatic heterocycles. The number of nitriles is 1. The van der Waals surface area contributed by atoms with Crippen LogP contribution in [0.4, 0.5) is 5.00 Å². The molecular weight excluding hydrogens is 254 g/mol. The zero-order valence-corrected chi connectivity index (χ0v) is 10.4. The lowest BCUT2D eigenvalue weighted by Gasteiger charge is -2.13. The van der Waals surface area contributed by atoms with E-state index in [9.17, 15) is 15.0 Å². The van der Waals surface area contributed by atoms with Gasteiger partial charge in [0.1, 0.15) is 11.1 Å². The van der Waals surface area contributed by atoms with Gasteiger partial charge in [-0.25, -0.2) is 0 Å². The molecule has 0 saturated carbocycles. The highest BCUT2D eigenvalue weighted by Gasteiger charge is 2.30. The van der Waals surface area contributed by atoms with Gasteiger partial charge in [0.05, 0.1) is 24.3 Å². The highest BCUT2D eigenvalue weighted by atomic mass is 32.1. The quantitative estimate of drug-likeness (QED) is 0.692. The predicted octanol–water partition coefficient (Wildman–Crippen LogP) is -0.404. The first-order chi connectivity index (χ1) is 8.60. The van der Waals surface area contributed by atoms with Crippen LogP contribution in [0.1, 0.15) is 5.56 Å². The Morgan fingerprint density at radius 3 is 2.83 bits per heavy atom. The van der Waals surface area contributed by atoms with E-state index in [-0.39, 0.29) is 25.5 Å². The van der Waals surface area contributed by atoms with Gasteiger partial charge in [-0.15, -0.1) is 11.3 Å². The number of thiophene rings is 1. The number of likely N-dealkylation sites (tertiary alicyclic amines) is 1. The maximum absolute atomic E-state index is 11.7. The van der Waals surface area contributed by atoms with Gasteiger partial charge in [-0.2, -0.15) is 5.26 Å².